The fourth-order valence-electron chi connectivity index (χ4n) is 2.49. The van der Waals surface area contributed by atoms with Crippen LogP contribution in [-0.4, -0.2) is 37.2 Å². The van der Waals surface area contributed by atoms with E-state index in [-0.39, 0.29) is 18.1 Å². The van der Waals surface area contributed by atoms with E-state index < -0.39 is 4.92 Å². The summed E-state index contributed by atoms with van der Waals surface area (Å²) in [6.07, 6.45) is 4.09. The normalized spacial score (nSPS) is 16.0. The van der Waals surface area contributed by atoms with Gasteiger partial charge < -0.3 is 9.73 Å². The molecule has 1 saturated heterocycles. The molecule has 3 heterocycles. The lowest BCUT2D eigenvalue weighted by molar-refractivity contribution is -0.385. The lowest BCUT2D eigenvalue weighted by Gasteiger charge is -2.15. The highest BCUT2D eigenvalue weighted by Gasteiger charge is 2.31. The Morgan fingerprint density at radius 3 is 2.88 bits per heavy atom. The molecule has 0 saturated carbocycles. The van der Waals surface area contributed by atoms with Gasteiger partial charge in [-0.2, -0.15) is 5.10 Å². The first-order chi connectivity index (χ1) is 12.3. The fraction of sp³-hybridized carbons (Fsp3) is 0.312. The second-order valence-electron chi connectivity index (χ2n) is 6.26. The minimum absolute atomic E-state index is 0.0848. The van der Waals surface area contributed by atoms with Gasteiger partial charge in [0.05, 0.1) is 11.5 Å². The minimum atomic E-state index is -0.509. The van der Waals surface area contributed by atoms with Crippen molar-refractivity contribution < 1.29 is 14.1 Å². The highest BCUT2D eigenvalue weighted by Crippen LogP contribution is 2.18. The molecule has 0 atom stereocenters. The number of carbonyl (C=O) groups is 1. The SMILES string of the molecule is CC(C)CN1C(=O)/C(=C\c2ccc(Cn3cc([N+](=O)[O-])cn3)o2)NC1=S. The van der Waals surface area contributed by atoms with E-state index in [1.807, 2.05) is 13.8 Å². The summed E-state index contributed by atoms with van der Waals surface area (Å²) in [5.74, 6) is 1.14. The van der Waals surface area contributed by atoms with Crippen molar-refractivity contribution in [2.24, 2.45) is 5.92 Å². The van der Waals surface area contributed by atoms with E-state index in [1.54, 1.807) is 18.2 Å². The number of nitrogens with zero attached hydrogens (tertiary/aromatic N) is 4. The van der Waals surface area contributed by atoms with Crippen molar-refractivity contribution in [3.8, 4) is 0 Å². The third-order valence-corrected chi connectivity index (χ3v) is 3.95. The highest BCUT2D eigenvalue weighted by molar-refractivity contribution is 7.80. The summed E-state index contributed by atoms with van der Waals surface area (Å²) in [7, 11) is 0. The molecule has 1 aliphatic rings. The Morgan fingerprint density at radius 2 is 2.23 bits per heavy atom. The summed E-state index contributed by atoms with van der Waals surface area (Å²) in [5, 5.41) is 17.9. The maximum Gasteiger partial charge on any atom is 0.307 e. The summed E-state index contributed by atoms with van der Waals surface area (Å²) < 4.78 is 7.07. The zero-order valence-electron chi connectivity index (χ0n) is 14.2. The average Bonchev–Trinajstić information content (AvgIpc) is 3.26. The molecular weight excluding hydrogens is 358 g/mol. The van der Waals surface area contributed by atoms with Gasteiger partial charge in [-0.15, -0.1) is 0 Å². The second kappa shape index (κ2) is 7.08. The minimum Gasteiger partial charge on any atom is -0.460 e. The van der Waals surface area contributed by atoms with Gasteiger partial charge in [0, 0.05) is 12.6 Å². The molecule has 2 aromatic heterocycles. The molecule has 0 bridgehead atoms. The Bertz CT molecular complexity index is 898. The molecule has 9 nitrogen and oxygen atoms in total. The Labute approximate surface area is 154 Å². The maximum atomic E-state index is 12.4. The predicted molar refractivity (Wildman–Crippen MR) is 97.0 cm³/mol. The van der Waals surface area contributed by atoms with Crippen LogP contribution in [0.15, 0.2) is 34.6 Å². The summed E-state index contributed by atoms with van der Waals surface area (Å²) in [6.45, 7) is 4.81. The average molecular weight is 375 g/mol. The van der Waals surface area contributed by atoms with Crippen molar-refractivity contribution in [3.63, 3.8) is 0 Å². The van der Waals surface area contributed by atoms with Crippen molar-refractivity contribution in [1.82, 2.24) is 20.0 Å². The van der Waals surface area contributed by atoms with E-state index >= 15 is 0 Å². The molecular formula is C16H17N5O4S. The lowest BCUT2D eigenvalue weighted by Crippen LogP contribution is -2.33. The fourth-order valence-corrected chi connectivity index (χ4v) is 2.76. The van der Waals surface area contributed by atoms with E-state index in [1.165, 1.54) is 22.0 Å². The first kappa shape index (κ1) is 17.8. The number of rotatable bonds is 6. The van der Waals surface area contributed by atoms with Crippen LogP contribution in [0.3, 0.4) is 0 Å². The van der Waals surface area contributed by atoms with E-state index in [0.29, 0.717) is 34.8 Å². The smallest absolute Gasteiger partial charge is 0.307 e. The summed E-state index contributed by atoms with van der Waals surface area (Å²) >= 11 is 5.20. The molecule has 1 fully saturated rings. The molecule has 0 spiro atoms. The van der Waals surface area contributed by atoms with Crippen molar-refractivity contribution >= 4 is 35.0 Å². The van der Waals surface area contributed by atoms with Gasteiger partial charge in [0.2, 0.25) is 0 Å². The molecule has 10 heteroatoms. The zero-order chi connectivity index (χ0) is 18.8. The van der Waals surface area contributed by atoms with E-state index in [9.17, 15) is 14.9 Å². The molecule has 26 heavy (non-hydrogen) atoms. The monoisotopic (exact) mass is 375 g/mol. The van der Waals surface area contributed by atoms with Gasteiger partial charge in [0.25, 0.3) is 5.91 Å². The molecule has 136 valence electrons. The number of nitrogens with one attached hydrogen (secondary N) is 1. The van der Waals surface area contributed by atoms with Crippen LogP contribution >= 0.6 is 12.2 Å². The predicted octanol–water partition coefficient (Wildman–Crippen LogP) is 2.15. The van der Waals surface area contributed by atoms with Gasteiger partial charge in [0.15, 0.2) is 5.11 Å². The summed E-state index contributed by atoms with van der Waals surface area (Å²) in [4.78, 5) is 24.1. The maximum absolute atomic E-state index is 12.4. The number of thiocarbonyl (C=S) groups is 1. The molecule has 1 amide bonds. The van der Waals surface area contributed by atoms with Crippen LogP contribution in [0.4, 0.5) is 5.69 Å². The van der Waals surface area contributed by atoms with Crippen LogP contribution in [0.2, 0.25) is 0 Å². The third-order valence-electron chi connectivity index (χ3n) is 3.63. The zero-order valence-corrected chi connectivity index (χ0v) is 15.0. The van der Waals surface area contributed by atoms with Crippen LogP contribution in [-0.2, 0) is 11.3 Å². The van der Waals surface area contributed by atoms with Crippen LogP contribution in [0.25, 0.3) is 6.08 Å². The number of hydrogen-bond acceptors (Lipinski definition) is 6. The van der Waals surface area contributed by atoms with Crippen LogP contribution in [0.1, 0.15) is 25.4 Å². The van der Waals surface area contributed by atoms with Gasteiger partial charge in [-0.1, -0.05) is 13.8 Å². The molecule has 0 unspecified atom stereocenters. The Kier molecular flexibility index (Phi) is 4.85. The third kappa shape index (κ3) is 3.80. The van der Waals surface area contributed by atoms with Crippen molar-refractivity contribution in [2.45, 2.75) is 20.4 Å². The number of aromatic nitrogens is 2. The van der Waals surface area contributed by atoms with Gasteiger partial charge >= 0.3 is 5.69 Å². The van der Waals surface area contributed by atoms with Gasteiger partial charge in [-0.05, 0) is 30.3 Å². The van der Waals surface area contributed by atoms with Crippen LogP contribution < -0.4 is 5.32 Å². The second-order valence-corrected chi connectivity index (χ2v) is 6.64. The van der Waals surface area contributed by atoms with Crippen molar-refractivity contribution in [3.05, 3.63) is 51.9 Å². The lowest BCUT2D eigenvalue weighted by atomic mass is 10.2. The van der Waals surface area contributed by atoms with Gasteiger partial charge in [-0.25, -0.2) is 0 Å². The van der Waals surface area contributed by atoms with Crippen molar-refractivity contribution in [1.29, 1.82) is 0 Å². The quantitative estimate of drug-likeness (QED) is 0.357. The summed E-state index contributed by atoms with van der Waals surface area (Å²) in [5.41, 5.74) is 0.268. The van der Waals surface area contributed by atoms with Crippen LogP contribution in [0, 0.1) is 16.0 Å². The van der Waals surface area contributed by atoms with Crippen LogP contribution in [0.5, 0.6) is 0 Å². The molecule has 3 rings (SSSR count). The highest BCUT2D eigenvalue weighted by atomic mass is 32.1. The molecule has 1 N–H and O–H groups in total. The standard InChI is InChI=1S/C16H17N5O4S/c1-10(2)7-20-15(22)14(18-16(20)26)5-12-3-4-13(25-12)9-19-8-11(6-17-19)21(23)24/h3-6,8,10H,7,9H2,1-2H3,(H,18,26)/b14-5+. The first-order valence-electron chi connectivity index (χ1n) is 7.93. The molecule has 2 aromatic rings. The van der Waals surface area contributed by atoms with Gasteiger partial charge in [0.1, 0.15) is 29.6 Å². The molecule has 0 aliphatic carbocycles. The number of nitro groups is 1. The molecule has 0 aromatic carbocycles. The molecule has 1 aliphatic heterocycles. The first-order valence-corrected chi connectivity index (χ1v) is 8.34. The number of amides is 1. The van der Waals surface area contributed by atoms with E-state index in [2.05, 4.69) is 10.4 Å². The number of carbonyl (C=O) groups excluding carboxylic acids is 1. The molecule has 0 radical (unpaired) electrons. The van der Waals surface area contributed by atoms with E-state index in [0.717, 1.165) is 0 Å². The topological polar surface area (TPSA) is 106 Å². The largest absolute Gasteiger partial charge is 0.460 e. The Balaban J connectivity index is 1.71. The number of hydrogen-bond donors (Lipinski definition) is 1. The van der Waals surface area contributed by atoms with Crippen molar-refractivity contribution in [2.75, 3.05) is 6.54 Å². The summed E-state index contributed by atoms with van der Waals surface area (Å²) in [6, 6.07) is 3.44. The Hall–Kier alpha value is -3.01. The van der Waals surface area contributed by atoms with E-state index in [4.69, 9.17) is 16.6 Å². The Morgan fingerprint density at radius 1 is 1.46 bits per heavy atom. The van der Waals surface area contributed by atoms with Gasteiger partial charge in [-0.3, -0.25) is 24.5 Å². The number of furan rings is 1.